The van der Waals surface area contributed by atoms with Crippen molar-refractivity contribution in [3.05, 3.63) is 48.3 Å². The van der Waals surface area contributed by atoms with Gasteiger partial charge in [0, 0.05) is 18.8 Å². The monoisotopic (exact) mass is 277 g/mol. The maximum Gasteiger partial charge on any atom is 0.270 e. The Kier molecular flexibility index (Phi) is 4.47. The molecular weight excluding hydrogens is 261 g/mol. The minimum absolute atomic E-state index is 0.107. The first-order valence-corrected chi connectivity index (χ1v) is 6.20. The zero-order valence-corrected chi connectivity index (χ0v) is 11.3. The van der Waals surface area contributed by atoms with E-state index in [1.54, 1.807) is 23.8 Å². The quantitative estimate of drug-likeness (QED) is 0.906. The molecule has 1 amide bonds. The third kappa shape index (κ3) is 3.21. The van der Waals surface area contributed by atoms with Crippen molar-refractivity contribution in [1.29, 1.82) is 0 Å². The Morgan fingerprint density at radius 3 is 2.80 bits per heavy atom. The number of benzene rings is 1. The third-order valence-electron chi connectivity index (χ3n) is 2.77. The minimum Gasteiger partial charge on any atom is -0.383 e. The van der Waals surface area contributed by atoms with Gasteiger partial charge in [-0.3, -0.25) is 9.36 Å². The summed E-state index contributed by atoms with van der Waals surface area (Å²) >= 11 is 0. The van der Waals surface area contributed by atoms with Crippen molar-refractivity contribution in [1.82, 2.24) is 14.9 Å². The Labute approximate surface area is 116 Å². The van der Waals surface area contributed by atoms with Gasteiger partial charge in [-0.05, 0) is 31.2 Å². The van der Waals surface area contributed by atoms with Gasteiger partial charge >= 0.3 is 0 Å². The molecule has 0 saturated heterocycles. The van der Waals surface area contributed by atoms with Crippen LogP contribution in [0.3, 0.4) is 0 Å². The van der Waals surface area contributed by atoms with E-state index in [2.05, 4.69) is 10.3 Å². The number of aromatic nitrogens is 2. The average molecular weight is 277 g/mol. The highest BCUT2D eigenvalue weighted by Gasteiger charge is 2.15. The number of nitrogens with zero attached hydrogens (tertiary/aromatic N) is 2. The molecule has 1 N–H and O–H groups in total. The van der Waals surface area contributed by atoms with E-state index in [1.165, 1.54) is 24.7 Å². The number of carbonyl (C=O) groups is 1. The van der Waals surface area contributed by atoms with Crippen LogP contribution >= 0.6 is 0 Å². The zero-order valence-electron chi connectivity index (χ0n) is 11.3. The van der Waals surface area contributed by atoms with Crippen LogP contribution < -0.4 is 5.32 Å². The number of imidazole rings is 1. The van der Waals surface area contributed by atoms with Gasteiger partial charge in [-0.15, -0.1) is 0 Å². The molecule has 0 saturated carbocycles. The molecule has 1 atom stereocenters. The molecule has 0 fully saturated rings. The highest BCUT2D eigenvalue weighted by atomic mass is 19.1. The summed E-state index contributed by atoms with van der Waals surface area (Å²) in [6, 6.07) is 5.75. The molecule has 0 unspecified atom stereocenters. The van der Waals surface area contributed by atoms with Crippen LogP contribution in [0.5, 0.6) is 0 Å². The second kappa shape index (κ2) is 6.29. The maximum absolute atomic E-state index is 12.9. The zero-order chi connectivity index (χ0) is 14.5. The van der Waals surface area contributed by atoms with E-state index in [0.717, 1.165) is 0 Å². The van der Waals surface area contributed by atoms with Gasteiger partial charge in [0.1, 0.15) is 11.5 Å². The second-order valence-electron chi connectivity index (χ2n) is 4.46. The molecule has 5 nitrogen and oxygen atoms in total. The molecule has 0 aliphatic rings. The summed E-state index contributed by atoms with van der Waals surface area (Å²) in [7, 11) is 1.57. The van der Waals surface area contributed by atoms with Gasteiger partial charge in [0.25, 0.3) is 5.91 Å². The number of hydrogen-bond donors (Lipinski definition) is 1. The van der Waals surface area contributed by atoms with E-state index in [1.807, 2.05) is 6.92 Å². The summed E-state index contributed by atoms with van der Waals surface area (Å²) in [5, 5.41) is 2.81. The first-order valence-electron chi connectivity index (χ1n) is 6.20. The van der Waals surface area contributed by atoms with Gasteiger partial charge in [0.05, 0.1) is 19.1 Å². The molecule has 20 heavy (non-hydrogen) atoms. The van der Waals surface area contributed by atoms with Gasteiger partial charge in [-0.25, -0.2) is 9.37 Å². The van der Waals surface area contributed by atoms with Crippen LogP contribution in [0.2, 0.25) is 0 Å². The van der Waals surface area contributed by atoms with E-state index in [4.69, 9.17) is 4.74 Å². The molecule has 1 heterocycles. The summed E-state index contributed by atoms with van der Waals surface area (Å²) < 4.78 is 19.5. The summed E-state index contributed by atoms with van der Waals surface area (Å²) in [6.45, 7) is 2.27. The fourth-order valence-electron chi connectivity index (χ4n) is 1.86. The van der Waals surface area contributed by atoms with Crippen LogP contribution in [-0.2, 0) is 4.74 Å². The number of carbonyl (C=O) groups excluding carboxylic acids is 1. The summed E-state index contributed by atoms with van der Waals surface area (Å²) in [5.74, 6) is -0.579. The molecule has 0 aliphatic heterocycles. The molecule has 2 aromatic rings. The van der Waals surface area contributed by atoms with Crippen molar-refractivity contribution >= 4 is 5.91 Å². The lowest BCUT2D eigenvalue weighted by Gasteiger charge is -2.13. The lowest BCUT2D eigenvalue weighted by atomic mass is 10.3. The number of nitrogens with one attached hydrogen (secondary N) is 1. The summed E-state index contributed by atoms with van der Waals surface area (Å²) in [5.41, 5.74) is 1.06. The first kappa shape index (κ1) is 14.2. The SMILES string of the molecule is COC[C@H](C)NC(=O)c1cncn1-c1ccc(F)cc1. The largest absolute Gasteiger partial charge is 0.383 e. The van der Waals surface area contributed by atoms with E-state index in [9.17, 15) is 9.18 Å². The van der Waals surface area contributed by atoms with Crippen LogP contribution in [0.15, 0.2) is 36.8 Å². The van der Waals surface area contributed by atoms with Crippen LogP contribution in [0.1, 0.15) is 17.4 Å². The maximum atomic E-state index is 12.9. The Hall–Kier alpha value is -2.21. The molecule has 0 bridgehead atoms. The van der Waals surface area contributed by atoms with Crippen LogP contribution in [0.4, 0.5) is 4.39 Å². The molecule has 1 aromatic heterocycles. The normalized spacial score (nSPS) is 12.2. The minimum atomic E-state index is -0.325. The fourth-order valence-corrected chi connectivity index (χ4v) is 1.86. The Morgan fingerprint density at radius 1 is 1.45 bits per heavy atom. The van der Waals surface area contributed by atoms with Crippen molar-refractivity contribution in [3.63, 3.8) is 0 Å². The third-order valence-corrected chi connectivity index (χ3v) is 2.77. The standard InChI is InChI=1S/C14H16FN3O2/c1-10(8-20-2)17-14(19)13-7-16-9-18(13)12-5-3-11(15)4-6-12/h3-7,9-10H,8H2,1-2H3,(H,17,19)/t10-/m0/s1. The Balaban J connectivity index is 2.20. The molecule has 2 rings (SSSR count). The molecule has 0 radical (unpaired) electrons. The smallest absolute Gasteiger partial charge is 0.270 e. The van der Waals surface area contributed by atoms with Crippen LogP contribution in [0.25, 0.3) is 5.69 Å². The predicted molar refractivity (Wildman–Crippen MR) is 72.3 cm³/mol. The van der Waals surface area contributed by atoms with Crippen molar-refractivity contribution in [3.8, 4) is 5.69 Å². The second-order valence-corrected chi connectivity index (χ2v) is 4.46. The topological polar surface area (TPSA) is 56.1 Å². The Morgan fingerprint density at radius 2 is 2.15 bits per heavy atom. The molecule has 0 aliphatic carbocycles. The van der Waals surface area contributed by atoms with Gasteiger partial charge in [-0.1, -0.05) is 0 Å². The molecule has 106 valence electrons. The van der Waals surface area contributed by atoms with Gasteiger partial charge in [0.2, 0.25) is 0 Å². The van der Waals surface area contributed by atoms with Crippen molar-refractivity contribution in [2.45, 2.75) is 13.0 Å². The Bertz CT molecular complexity index is 580. The number of amides is 1. The van der Waals surface area contributed by atoms with Crippen LogP contribution in [0, 0.1) is 5.82 Å². The summed E-state index contributed by atoms with van der Waals surface area (Å²) in [4.78, 5) is 16.1. The summed E-state index contributed by atoms with van der Waals surface area (Å²) in [6.07, 6.45) is 2.99. The van der Waals surface area contributed by atoms with Gasteiger partial charge in [-0.2, -0.15) is 0 Å². The molecule has 6 heteroatoms. The van der Waals surface area contributed by atoms with E-state index < -0.39 is 0 Å². The van der Waals surface area contributed by atoms with Gasteiger partial charge < -0.3 is 10.1 Å². The molecule has 0 spiro atoms. The molecule has 1 aromatic carbocycles. The lowest BCUT2D eigenvalue weighted by molar-refractivity contribution is 0.0899. The van der Waals surface area contributed by atoms with Crippen molar-refractivity contribution in [2.75, 3.05) is 13.7 Å². The van der Waals surface area contributed by atoms with Gasteiger partial charge in [0.15, 0.2) is 0 Å². The van der Waals surface area contributed by atoms with Crippen molar-refractivity contribution in [2.24, 2.45) is 0 Å². The van der Waals surface area contributed by atoms with E-state index in [0.29, 0.717) is 18.0 Å². The fraction of sp³-hybridized carbons (Fsp3) is 0.286. The first-order chi connectivity index (χ1) is 9.61. The predicted octanol–water partition coefficient (Wildman–Crippen LogP) is 1.78. The number of methoxy groups -OCH3 is 1. The highest BCUT2D eigenvalue weighted by Crippen LogP contribution is 2.12. The number of halogens is 1. The van der Waals surface area contributed by atoms with E-state index in [-0.39, 0.29) is 17.8 Å². The van der Waals surface area contributed by atoms with E-state index >= 15 is 0 Å². The van der Waals surface area contributed by atoms with Crippen molar-refractivity contribution < 1.29 is 13.9 Å². The molecular formula is C14H16FN3O2. The number of ether oxygens (including phenoxy) is 1. The lowest BCUT2D eigenvalue weighted by Crippen LogP contribution is -2.36. The number of hydrogen-bond acceptors (Lipinski definition) is 3. The number of rotatable bonds is 5. The average Bonchev–Trinajstić information content (AvgIpc) is 2.89. The highest BCUT2D eigenvalue weighted by molar-refractivity contribution is 5.93. The van der Waals surface area contributed by atoms with Crippen LogP contribution in [-0.4, -0.2) is 35.2 Å².